The minimum atomic E-state index is 0.747. The largest absolute Gasteiger partial charge is 0.302 e. The first kappa shape index (κ1) is 12.0. The van der Waals surface area contributed by atoms with Crippen molar-refractivity contribution in [2.45, 2.75) is 39.7 Å². The fourth-order valence-electron chi connectivity index (χ4n) is 4.08. The minimum absolute atomic E-state index is 0.747. The molecule has 0 spiro atoms. The highest BCUT2D eigenvalue weighted by Crippen LogP contribution is 2.51. The topological polar surface area (TPSA) is 6.48 Å². The van der Waals surface area contributed by atoms with E-state index in [1.54, 1.807) is 0 Å². The van der Waals surface area contributed by atoms with Gasteiger partial charge in [-0.2, -0.15) is 0 Å². The van der Waals surface area contributed by atoms with Crippen LogP contribution in [0.15, 0.2) is 0 Å². The average molecular weight is 236 g/mol. The van der Waals surface area contributed by atoms with Crippen LogP contribution in [0.5, 0.6) is 0 Å². The van der Waals surface area contributed by atoms with Gasteiger partial charge in [0.05, 0.1) is 0 Å². The van der Waals surface area contributed by atoms with Crippen LogP contribution >= 0.6 is 0 Å². The molecule has 1 aliphatic carbocycles. The number of rotatable bonds is 3. The van der Waals surface area contributed by atoms with E-state index in [-0.39, 0.29) is 0 Å². The molecule has 3 atom stereocenters. The lowest BCUT2D eigenvalue weighted by atomic mass is 9.95. The quantitative estimate of drug-likeness (QED) is 0.742. The third-order valence-electron chi connectivity index (χ3n) is 5.59. The van der Waals surface area contributed by atoms with Gasteiger partial charge in [0.15, 0.2) is 0 Å². The van der Waals surface area contributed by atoms with Gasteiger partial charge in [0.25, 0.3) is 0 Å². The van der Waals surface area contributed by atoms with E-state index in [1.165, 1.54) is 45.6 Å². The Hall–Kier alpha value is -0.0800. The zero-order valence-corrected chi connectivity index (χ0v) is 11.7. The van der Waals surface area contributed by atoms with Crippen LogP contribution < -0.4 is 0 Å². The third kappa shape index (κ3) is 2.39. The molecule has 0 aromatic carbocycles. The molecule has 0 bridgehead atoms. The van der Waals surface area contributed by atoms with Crippen molar-refractivity contribution in [1.82, 2.24) is 9.80 Å². The average Bonchev–Trinajstić information content (AvgIpc) is 2.76. The van der Waals surface area contributed by atoms with Crippen molar-refractivity contribution in [1.29, 1.82) is 0 Å². The molecular weight excluding hydrogens is 208 g/mol. The van der Waals surface area contributed by atoms with E-state index >= 15 is 0 Å². The molecule has 1 saturated carbocycles. The maximum atomic E-state index is 2.75. The first-order valence-electron chi connectivity index (χ1n) is 7.61. The Bertz CT molecular complexity index is 256. The zero-order valence-electron chi connectivity index (χ0n) is 11.7. The van der Waals surface area contributed by atoms with Crippen molar-refractivity contribution in [3.8, 4) is 0 Å². The maximum Gasteiger partial charge on any atom is 0.00385 e. The second kappa shape index (κ2) is 4.55. The number of fused-ring (bicyclic) bond motifs is 1. The van der Waals surface area contributed by atoms with Crippen molar-refractivity contribution >= 4 is 0 Å². The van der Waals surface area contributed by atoms with Crippen LogP contribution in [0.4, 0.5) is 0 Å². The van der Waals surface area contributed by atoms with E-state index < -0.39 is 0 Å². The Kier molecular flexibility index (Phi) is 3.20. The Morgan fingerprint density at radius 1 is 1.06 bits per heavy atom. The van der Waals surface area contributed by atoms with Crippen LogP contribution in [0.3, 0.4) is 0 Å². The predicted octanol–water partition coefficient (Wildman–Crippen LogP) is 2.30. The summed E-state index contributed by atoms with van der Waals surface area (Å²) < 4.78 is 0. The highest BCUT2D eigenvalue weighted by atomic mass is 15.2. The molecule has 2 nitrogen and oxygen atoms in total. The Morgan fingerprint density at radius 2 is 1.65 bits per heavy atom. The van der Waals surface area contributed by atoms with Gasteiger partial charge >= 0.3 is 0 Å². The number of hydrogen-bond donors (Lipinski definition) is 0. The van der Waals surface area contributed by atoms with Crippen LogP contribution in [-0.2, 0) is 0 Å². The first-order chi connectivity index (χ1) is 8.15. The summed E-state index contributed by atoms with van der Waals surface area (Å²) in [6, 6.07) is 0.747. The minimum Gasteiger partial charge on any atom is -0.302 e. The molecule has 3 fully saturated rings. The van der Waals surface area contributed by atoms with Crippen LogP contribution in [-0.4, -0.2) is 48.6 Å². The summed E-state index contributed by atoms with van der Waals surface area (Å²) >= 11 is 0. The van der Waals surface area contributed by atoms with Gasteiger partial charge in [-0.05, 0) is 63.5 Å². The fourth-order valence-corrected chi connectivity index (χ4v) is 4.08. The lowest BCUT2D eigenvalue weighted by molar-refractivity contribution is 0.124. The van der Waals surface area contributed by atoms with Gasteiger partial charge in [0.1, 0.15) is 0 Å². The molecule has 17 heavy (non-hydrogen) atoms. The molecule has 0 N–H and O–H groups in total. The van der Waals surface area contributed by atoms with Gasteiger partial charge in [-0.25, -0.2) is 0 Å². The summed E-state index contributed by atoms with van der Waals surface area (Å²) in [6.07, 6.45) is 2.86. The molecule has 98 valence electrons. The molecule has 0 amide bonds. The second-order valence-corrected chi connectivity index (χ2v) is 6.98. The standard InChI is InChI=1S/C15H28N2/c1-11(2)17-6-4-13(5-7-17)8-16-9-14-12(3)15(14)10-16/h11-15H,4-10H2,1-3H3/t12?,14-,15+. The van der Waals surface area contributed by atoms with Gasteiger partial charge in [-0.3, -0.25) is 0 Å². The summed E-state index contributed by atoms with van der Waals surface area (Å²) in [5.74, 6) is 4.18. The van der Waals surface area contributed by atoms with E-state index in [0.717, 1.165) is 29.7 Å². The van der Waals surface area contributed by atoms with Crippen molar-refractivity contribution in [3.63, 3.8) is 0 Å². The summed E-state index contributed by atoms with van der Waals surface area (Å²) in [6.45, 7) is 14.0. The van der Waals surface area contributed by atoms with Gasteiger partial charge in [-0.1, -0.05) is 6.92 Å². The number of hydrogen-bond acceptors (Lipinski definition) is 2. The molecule has 0 radical (unpaired) electrons. The molecule has 1 unspecified atom stereocenters. The first-order valence-corrected chi connectivity index (χ1v) is 7.61. The van der Waals surface area contributed by atoms with Crippen LogP contribution in [0.2, 0.25) is 0 Å². The van der Waals surface area contributed by atoms with Crippen molar-refractivity contribution < 1.29 is 0 Å². The van der Waals surface area contributed by atoms with Crippen molar-refractivity contribution in [3.05, 3.63) is 0 Å². The van der Waals surface area contributed by atoms with E-state index in [0.29, 0.717) is 0 Å². The molecule has 3 rings (SSSR count). The van der Waals surface area contributed by atoms with Gasteiger partial charge in [0, 0.05) is 25.7 Å². The van der Waals surface area contributed by atoms with E-state index in [4.69, 9.17) is 0 Å². The lowest BCUT2D eigenvalue weighted by Crippen LogP contribution is -2.41. The monoisotopic (exact) mass is 236 g/mol. The smallest absolute Gasteiger partial charge is 0.00385 e. The molecule has 2 heteroatoms. The molecule has 3 aliphatic rings. The zero-order chi connectivity index (χ0) is 12.0. The highest BCUT2D eigenvalue weighted by molar-refractivity contribution is 5.03. The Morgan fingerprint density at radius 3 is 2.18 bits per heavy atom. The van der Waals surface area contributed by atoms with Crippen LogP contribution in [0.1, 0.15) is 33.6 Å². The normalized spacial score (nSPS) is 39.9. The summed E-state index contributed by atoms with van der Waals surface area (Å²) in [4.78, 5) is 5.39. The number of nitrogens with zero attached hydrogens (tertiary/aromatic N) is 2. The SMILES string of the molecule is CC1[C@H]2CN(CC3CCN(C(C)C)CC3)C[C@@H]12. The van der Waals surface area contributed by atoms with Gasteiger partial charge in [0.2, 0.25) is 0 Å². The van der Waals surface area contributed by atoms with Crippen molar-refractivity contribution in [2.75, 3.05) is 32.7 Å². The van der Waals surface area contributed by atoms with Crippen LogP contribution in [0, 0.1) is 23.7 Å². The fraction of sp³-hybridized carbons (Fsp3) is 1.00. The summed E-state index contributed by atoms with van der Waals surface area (Å²) in [5.41, 5.74) is 0. The van der Waals surface area contributed by atoms with E-state index in [1.807, 2.05) is 0 Å². The summed E-state index contributed by atoms with van der Waals surface area (Å²) in [5, 5.41) is 0. The molecular formula is C15H28N2. The number of likely N-dealkylation sites (tertiary alicyclic amines) is 2. The molecule has 2 aliphatic heterocycles. The van der Waals surface area contributed by atoms with E-state index in [9.17, 15) is 0 Å². The van der Waals surface area contributed by atoms with Gasteiger partial charge < -0.3 is 9.80 Å². The number of piperidine rings is 2. The molecule has 0 aromatic heterocycles. The Balaban J connectivity index is 1.40. The van der Waals surface area contributed by atoms with Gasteiger partial charge in [-0.15, -0.1) is 0 Å². The summed E-state index contributed by atoms with van der Waals surface area (Å²) in [7, 11) is 0. The molecule has 0 aromatic rings. The Labute approximate surface area is 106 Å². The highest BCUT2D eigenvalue weighted by Gasteiger charge is 2.52. The predicted molar refractivity (Wildman–Crippen MR) is 72.0 cm³/mol. The van der Waals surface area contributed by atoms with Crippen molar-refractivity contribution in [2.24, 2.45) is 23.7 Å². The van der Waals surface area contributed by atoms with Crippen LogP contribution in [0.25, 0.3) is 0 Å². The molecule has 2 saturated heterocycles. The maximum absolute atomic E-state index is 2.75. The lowest BCUT2D eigenvalue weighted by Gasteiger charge is -2.36. The van der Waals surface area contributed by atoms with E-state index in [2.05, 4.69) is 30.6 Å². The molecule has 2 heterocycles. The second-order valence-electron chi connectivity index (χ2n) is 6.98. The third-order valence-corrected chi connectivity index (χ3v) is 5.59.